The van der Waals surface area contributed by atoms with Crippen LogP contribution in [0.1, 0.15) is 47.5 Å². The summed E-state index contributed by atoms with van der Waals surface area (Å²) in [5.41, 5.74) is 0.0352. The summed E-state index contributed by atoms with van der Waals surface area (Å²) in [6.45, 7) is 15.6. The van der Waals surface area contributed by atoms with Gasteiger partial charge in [0.05, 0.1) is 18.8 Å². The van der Waals surface area contributed by atoms with E-state index in [1.807, 2.05) is 11.8 Å². The number of aliphatic imine (C=N–C) groups is 1. The Morgan fingerprint density at radius 1 is 1.20 bits per heavy atom. The van der Waals surface area contributed by atoms with Crippen molar-refractivity contribution in [1.29, 1.82) is 0 Å². The number of nitrogens with one attached hydrogen (secondary N) is 2. The number of guanidine groups is 1. The molecule has 5 nitrogen and oxygen atoms in total. The van der Waals surface area contributed by atoms with E-state index < -0.39 is 0 Å². The minimum atomic E-state index is 0. The third-order valence-electron chi connectivity index (χ3n) is 4.31. The Kier molecular flexibility index (Phi) is 13.6. The van der Waals surface area contributed by atoms with E-state index in [1.54, 1.807) is 0 Å². The summed E-state index contributed by atoms with van der Waals surface area (Å²) in [4.78, 5) is 7.35. The van der Waals surface area contributed by atoms with Gasteiger partial charge in [-0.2, -0.15) is 11.8 Å². The standard InChI is InChI=1S/C18H38N4OS.HI/c1-7-19-17(20-10-8-9-11-24-6)21-14-18(4,5)22-12-15(2)23-16(3)13-22;/h15-16H,7-14H2,1-6H3,(H2,19,20,21);1H. The van der Waals surface area contributed by atoms with Crippen LogP contribution in [0.15, 0.2) is 4.99 Å². The molecule has 1 aliphatic rings. The largest absolute Gasteiger partial charge is 0.373 e. The normalized spacial score (nSPS) is 22.4. The van der Waals surface area contributed by atoms with E-state index in [9.17, 15) is 0 Å². The van der Waals surface area contributed by atoms with Crippen molar-refractivity contribution in [3.8, 4) is 0 Å². The lowest BCUT2D eigenvalue weighted by Gasteiger charge is -2.44. The second kappa shape index (κ2) is 13.4. The Morgan fingerprint density at radius 3 is 2.40 bits per heavy atom. The van der Waals surface area contributed by atoms with Gasteiger partial charge in [0, 0.05) is 31.7 Å². The van der Waals surface area contributed by atoms with Crippen molar-refractivity contribution in [2.75, 3.05) is 44.7 Å². The molecule has 1 fully saturated rings. The Hall–Kier alpha value is 0.270. The fraction of sp³-hybridized carbons (Fsp3) is 0.944. The fourth-order valence-corrected chi connectivity index (χ4v) is 3.46. The SMILES string of the molecule is CCNC(=NCC(C)(C)N1CC(C)OC(C)C1)NCCCCSC.I. The highest BCUT2D eigenvalue weighted by atomic mass is 127. The molecule has 0 aliphatic carbocycles. The molecular weight excluding hydrogens is 447 g/mol. The summed E-state index contributed by atoms with van der Waals surface area (Å²) >= 11 is 1.91. The highest BCUT2D eigenvalue weighted by Gasteiger charge is 2.33. The van der Waals surface area contributed by atoms with Gasteiger partial charge in [-0.3, -0.25) is 9.89 Å². The van der Waals surface area contributed by atoms with Gasteiger partial charge >= 0.3 is 0 Å². The molecule has 0 spiro atoms. The van der Waals surface area contributed by atoms with E-state index in [0.717, 1.165) is 38.7 Å². The van der Waals surface area contributed by atoms with Crippen molar-refractivity contribution in [2.45, 2.75) is 65.2 Å². The average Bonchev–Trinajstić information content (AvgIpc) is 2.51. The summed E-state index contributed by atoms with van der Waals surface area (Å²) in [5, 5.41) is 6.82. The lowest BCUT2D eigenvalue weighted by atomic mass is 10.0. The van der Waals surface area contributed by atoms with Crippen molar-refractivity contribution in [3.05, 3.63) is 0 Å². The molecule has 0 aromatic heterocycles. The predicted molar refractivity (Wildman–Crippen MR) is 123 cm³/mol. The number of nitrogens with zero attached hydrogens (tertiary/aromatic N) is 2. The molecule has 0 saturated carbocycles. The molecule has 0 amide bonds. The van der Waals surface area contributed by atoms with Crippen LogP contribution in [0.2, 0.25) is 0 Å². The number of morpholine rings is 1. The Labute approximate surface area is 176 Å². The van der Waals surface area contributed by atoms with Crippen LogP contribution in [0.3, 0.4) is 0 Å². The lowest BCUT2D eigenvalue weighted by Crippen LogP contribution is -2.56. The number of thioether (sulfide) groups is 1. The van der Waals surface area contributed by atoms with Gasteiger partial charge in [0.25, 0.3) is 0 Å². The van der Waals surface area contributed by atoms with Crippen LogP contribution < -0.4 is 10.6 Å². The first kappa shape index (κ1) is 25.3. The maximum absolute atomic E-state index is 5.86. The average molecular weight is 487 g/mol. The van der Waals surface area contributed by atoms with Crippen molar-refractivity contribution >= 4 is 41.7 Å². The van der Waals surface area contributed by atoms with Crippen LogP contribution in [0, 0.1) is 0 Å². The molecule has 150 valence electrons. The number of unbranched alkanes of at least 4 members (excludes halogenated alkanes) is 1. The van der Waals surface area contributed by atoms with Crippen molar-refractivity contribution < 1.29 is 4.74 Å². The van der Waals surface area contributed by atoms with Gasteiger partial charge in [-0.1, -0.05) is 0 Å². The molecule has 1 saturated heterocycles. The van der Waals surface area contributed by atoms with Crippen molar-refractivity contribution in [3.63, 3.8) is 0 Å². The summed E-state index contributed by atoms with van der Waals surface area (Å²) in [6.07, 6.45) is 5.18. The molecule has 1 heterocycles. The van der Waals surface area contributed by atoms with Crippen LogP contribution in [0.5, 0.6) is 0 Å². The number of halogens is 1. The Morgan fingerprint density at radius 2 is 1.84 bits per heavy atom. The molecule has 0 bridgehead atoms. The minimum Gasteiger partial charge on any atom is -0.373 e. The van der Waals surface area contributed by atoms with Crippen LogP contribution in [-0.2, 0) is 4.74 Å². The monoisotopic (exact) mass is 486 g/mol. The molecule has 25 heavy (non-hydrogen) atoms. The molecule has 0 aromatic carbocycles. The maximum atomic E-state index is 5.86. The van der Waals surface area contributed by atoms with Crippen LogP contribution in [0.4, 0.5) is 0 Å². The Bertz CT molecular complexity index is 372. The molecule has 7 heteroatoms. The number of hydrogen-bond donors (Lipinski definition) is 2. The quantitative estimate of drug-likeness (QED) is 0.227. The molecule has 0 aromatic rings. The molecule has 0 radical (unpaired) electrons. The summed E-state index contributed by atoms with van der Waals surface area (Å²) in [6, 6.07) is 0. The van der Waals surface area contributed by atoms with Gasteiger partial charge in [0.2, 0.25) is 0 Å². The van der Waals surface area contributed by atoms with Crippen LogP contribution in [0.25, 0.3) is 0 Å². The van der Waals surface area contributed by atoms with E-state index in [0.29, 0.717) is 12.2 Å². The smallest absolute Gasteiger partial charge is 0.191 e. The van der Waals surface area contributed by atoms with Gasteiger partial charge in [-0.25, -0.2) is 0 Å². The van der Waals surface area contributed by atoms with Crippen molar-refractivity contribution in [1.82, 2.24) is 15.5 Å². The van der Waals surface area contributed by atoms with E-state index in [1.165, 1.54) is 18.6 Å². The summed E-state index contributed by atoms with van der Waals surface area (Å²) in [5.74, 6) is 2.17. The van der Waals surface area contributed by atoms with Gasteiger partial charge < -0.3 is 15.4 Å². The highest BCUT2D eigenvalue weighted by molar-refractivity contribution is 14.0. The van der Waals surface area contributed by atoms with Gasteiger partial charge in [-0.05, 0) is 59.5 Å². The zero-order valence-corrected chi connectivity index (χ0v) is 20.1. The summed E-state index contributed by atoms with van der Waals surface area (Å²) < 4.78 is 5.86. The number of ether oxygens (including phenoxy) is 1. The zero-order chi connectivity index (χ0) is 18.0. The second-order valence-electron chi connectivity index (χ2n) is 7.30. The van der Waals surface area contributed by atoms with Gasteiger partial charge in [0.15, 0.2) is 5.96 Å². The first-order chi connectivity index (χ1) is 11.4. The molecular formula is C18H39IN4OS. The molecule has 2 unspecified atom stereocenters. The number of rotatable bonds is 9. The van der Waals surface area contributed by atoms with Crippen LogP contribution in [-0.4, -0.2) is 73.3 Å². The first-order valence-electron chi connectivity index (χ1n) is 9.30. The van der Waals surface area contributed by atoms with E-state index in [2.05, 4.69) is 56.4 Å². The van der Waals surface area contributed by atoms with Gasteiger partial charge in [-0.15, -0.1) is 24.0 Å². The molecule has 2 atom stereocenters. The molecule has 1 rings (SSSR count). The topological polar surface area (TPSA) is 48.9 Å². The predicted octanol–water partition coefficient (Wildman–Crippen LogP) is 3.19. The first-order valence-corrected chi connectivity index (χ1v) is 10.7. The second-order valence-corrected chi connectivity index (χ2v) is 8.28. The van der Waals surface area contributed by atoms with E-state index in [4.69, 9.17) is 9.73 Å². The van der Waals surface area contributed by atoms with E-state index >= 15 is 0 Å². The minimum absolute atomic E-state index is 0. The highest BCUT2D eigenvalue weighted by Crippen LogP contribution is 2.21. The fourth-order valence-electron chi connectivity index (χ4n) is 2.96. The number of hydrogen-bond acceptors (Lipinski definition) is 4. The summed E-state index contributed by atoms with van der Waals surface area (Å²) in [7, 11) is 0. The zero-order valence-electron chi connectivity index (χ0n) is 16.9. The lowest BCUT2D eigenvalue weighted by molar-refractivity contribution is -0.0939. The molecule has 1 aliphatic heterocycles. The van der Waals surface area contributed by atoms with Gasteiger partial charge in [0.1, 0.15) is 0 Å². The third kappa shape index (κ3) is 10.2. The maximum Gasteiger partial charge on any atom is 0.191 e. The van der Waals surface area contributed by atoms with Crippen molar-refractivity contribution in [2.24, 2.45) is 4.99 Å². The molecule has 2 N–H and O–H groups in total. The third-order valence-corrected chi connectivity index (χ3v) is 5.01. The van der Waals surface area contributed by atoms with E-state index in [-0.39, 0.29) is 29.5 Å². The Balaban J connectivity index is 0.00000576. The van der Waals surface area contributed by atoms with Crippen LogP contribution >= 0.6 is 35.7 Å².